The van der Waals surface area contributed by atoms with Crippen LogP contribution in [-0.4, -0.2) is 11.8 Å². The Kier molecular flexibility index (Phi) is 2.52. The Morgan fingerprint density at radius 1 is 1.50 bits per heavy atom. The molecule has 0 radical (unpaired) electrons. The lowest BCUT2D eigenvalue weighted by Gasteiger charge is -2.26. The van der Waals surface area contributed by atoms with Crippen LogP contribution in [0.25, 0.3) is 0 Å². The molecule has 0 bridgehead atoms. The summed E-state index contributed by atoms with van der Waals surface area (Å²) in [6.07, 6.45) is 1.51. The van der Waals surface area contributed by atoms with Crippen LogP contribution >= 0.6 is 0 Å². The molecule has 1 aliphatic rings. The van der Waals surface area contributed by atoms with Crippen LogP contribution in [-0.2, 0) is 4.79 Å². The highest BCUT2D eigenvalue weighted by molar-refractivity contribution is 5.98. The van der Waals surface area contributed by atoms with Gasteiger partial charge in [0.1, 0.15) is 11.8 Å². The first kappa shape index (κ1) is 10.5. The van der Waals surface area contributed by atoms with E-state index >= 15 is 0 Å². The standard InChI is InChI=1S/C11H12N2O3/c1-6-9(7(2)14)10(13-11(15)12-6)8-4-3-5-16-8/h3-5,10H,1-2H3,(H2,12,13,15)/t10-/m1/s1. The third-order valence-electron chi connectivity index (χ3n) is 2.48. The lowest BCUT2D eigenvalue weighted by molar-refractivity contribution is -0.114. The van der Waals surface area contributed by atoms with Gasteiger partial charge < -0.3 is 15.1 Å². The number of amides is 2. The predicted octanol–water partition coefficient (Wildman–Crippen LogP) is 1.50. The van der Waals surface area contributed by atoms with Crippen molar-refractivity contribution in [2.45, 2.75) is 19.9 Å². The number of nitrogens with one attached hydrogen (secondary N) is 2. The van der Waals surface area contributed by atoms with E-state index in [0.29, 0.717) is 17.0 Å². The molecular formula is C11H12N2O3. The van der Waals surface area contributed by atoms with Crippen molar-refractivity contribution in [3.63, 3.8) is 0 Å². The van der Waals surface area contributed by atoms with Crippen LogP contribution in [0.3, 0.4) is 0 Å². The zero-order valence-electron chi connectivity index (χ0n) is 9.03. The smallest absolute Gasteiger partial charge is 0.319 e. The fraction of sp³-hybridized carbons (Fsp3) is 0.273. The molecule has 1 aliphatic heterocycles. The van der Waals surface area contributed by atoms with Crippen LogP contribution in [0.1, 0.15) is 25.6 Å². The molecule has 0 unspecified atom stereocenters. The number of carbonyl (C=O) groups excluding carboxylic acids is 2. The Hall–Kier alpha value is -2.04. The molecule has 2 heterocycles. The first-order valence-corrected chi connectivity index (χ1v) is 4.92. The van der Waals surface area contributed by atoms with Gasteiger partial charge in [0.05, 0.1) is 6.26 Å². The van der Waals surface area contributed by atoms with Crippen molar-refractivity contribution in [1.29, 1.82) is 0 Å². The number of hydrogen-bond acceptors (Lipinski definition) is 3. The first-order chi connectivity index (χ1) is 7.59. The summed E-state index contributed by atoms with van der Waals surface area (Å²) in [6, 6.07) is 2.62. The monoisotopic (exact) mass is 220 g/mol. The zero-order valence-corrected chi connectivity index (χ0v) is 9.03. The molecule has 5 nitrogen and oxygen atoms in total. The normalized spacial score (nSPS) is 20.4. The van der Waals surface area contributed by atoms with Crippen molar-refractivity contribution in [1.82, 2.24) is 10.6 Å². The Morgan fingerprint density at radius 3 is 2.81 bits per heavy atom. The molecule has 0 saturated carbocycles. The molecule has 0 aliphatic carbocycles. The summed E-state index contributed by atoms with van der Waals surface area (Å²) in [7, 11) is 0. The highest BCUT2D eigenvalue weighted by atomic mass is 16.3. The van der Waals surface area contributed by atoms with Gasteiger partial charge in [-0.25, -0.2) is 4.79 Å². The number of carbonyl (C=O) groups is 2. The van der Waals surface area contributed by atoms with E-state index in [4.69, 9.17) is 4.42 Å². The van der Waals surface area contributed by atoms with Crippen molar-refractivity contribution in [3.8, 4) is 0 Å². The van der Waals surface area contributed by atoms with Crippen molar-refractivity contribution in [3.05, 3.63) is 35.4 Å². The second-order valence-corrected chi connectivity index (χ2v) is 3.64. The van der Waals surface area contributed by atoms with Gasteiger partial charge in [0.15, 0.2) is 5.78 Å². The maximum absolute atomic E-state index is 11.5. The summed E-state index contributed by atoms with van der Waals surface area (Å²) in [5, 5.41) is 5.23. The summed E-state index contributed by atoms with van der Waals surface area (Å²) in [5.74, 6) is 0.464. The number of Topliss-reactive ketones (excluding diaryl/α,β-unsaturated/α-hetero) is 1. The highest BCUT2D eigenvalue weighted by Crippen LogP contribution is 2.27. The van der Waals surface area contributed by atoms with Gasteiger partial charge in [0.2, 0.25) is 0 Å². The average molecular weight is 220 g/mol. The van der Waals surface area contributed by atoms with Crippen LogP contribution in [0.5, 0.6) is 0 Å². The van der Waals surface area contributed by atoms with Crippen LogP contribution in [0.2, 0.25) is 0 Å². The molecule has 84 valence electrons. The van der Waals surface area contributed by atoms with E-state index in [9.17, 15) is 9.59 Å². The molecule has 0 saturated heterocycles. The van der Waals surface area contributed by atoms with Gasteiger partial charge >= 0.3 is 6.03 Å². The maximum atomic E-state index is 11.5. The van der Waals surface area contributed by atoms with Gasteiger partial charge in [-0.05, 0) is 26.0 Å². The van der Waals surface area contributed by atoms with Gasteiger partial charge in [-0.2, -0.15) is 0 Å². The Labute approximate surface area is 92.5 Å². The van der Waals surface area contributed by atoms with Gasteiger partial charge in [-0.1, -0.05) is 0 Å². The van der Waals surface area contributed by atoms with E-state index in [2.05, 4.69) is 10.6 Å². The van der Waals surface area contributed by atoms with Gasteiger partial charge in [0, 0.05) is 11.3 Å². The molecule has 5 heteroatoms. The van der Waals surface area contributed by atoms with E-state index in [1.54, 1.807) is 19.1 Å². The molecule has 1 aromatic rings. The second-order valence-electron chi connectivity index (χ2n) is 3.64. The van der Waals surface area contributed by atoms with Gasteiger partial charge in [-0.3, -0.25) is 4.79 Å². The molecular weight excluding hydrogens is 208 g/mol. The summed E-state index contributed by atoms with van der Waals surface area (Å²) in [5.41, 5.74) is 1.09. The fourth-order valence-corrected chi connectivity index (χ4v) is 1.83. The molecule has 1 aromatic heterocycles. The molecule has 1 atom stereocenters. The topological polar surface area (TPSA) is 71.3 Å². The molecule has 0 spiro atoms. The summed E-state index contributed by atoms with van der Waals surface area (Å²) >= 11 is 0. The lowest BCUT2D eigenvalue weighted by atomic mass is 9.97. The third-order valence-corrected chi connectivity index (χ3v) is 2.48. The van der Waals surface area contributed by atoms with Crippen molar-refractivity contribution in [2.75, 3.05) is 0 Å². The minimum atomic E-state index is -0.499. The first-order valence-electron chi connectivity index (χ1n) is 4.92. The Balaban J connectivity index is 2.46. The largest absolute Gasteiger partial charge is 0.467 e. The van der Waals surface area contributed by atoms with E-state index in [1.807, 2.05) is 0 Å². The Morgan fingerprint density at radius 2 is 2.25 bits per heavy atom. The quantitative estimate of drug-likeness (QED) is 0.793. The molecule has 16 heavy (non-hydrogen) atoms. The predicted molar refractivity (Wildman–Crippen MR) is 56.5 cm³/mol. The Bertz CT molecular complexity index is 460. The van der Waals surface area contributed by atoms with Crippen LogP contribution in [0.15, 0.2) is 34.1 Å². The number of hydrogen-bond donors (Lipinski definition) is 2. The molecule has 2 N–H and O–H groups in total. The van der Waals surface area contributed by atoms with Gasteiger partial charge in [-0.15, -0.1) is 0 Å². The minimum Gasteiger partial charge on any atom is -0.467 e. The zero-order chi connectivity index (χ0) is 11.7. The van der Waals surface area contributed by atoms with Crippen LogP contribution < -0.4 is 10.6 Å². The number of ketones is 1. The number of allylic oxidation sites excluding steroid dienone is 1. The van der Waals surface area contributed by atoms with Crippen molar-refractivity contribution >= 4 is 11.8 Å². The lowest BCUT2D eigenvalue weighted by Crippen LogP contribution is -2.44. The second kappa shape index (κ2) is 3.84. The molecule has 2 rings (SSSR count). The summed E-state index contributed by atoms with van der Waals surface area (Å²) < 4.78 is 5.22. The molecule has 0 aromatic carbocycles. The fourth-order valence-electron chi connectivity index (χ4n) is 1.83. The molecule has 0 fully saturated rings. The average Bonchev–Trinajstić information content (AvgIpc) is 2.67. The van der Waals surface area contributed by atoms with E-state index in [1.165, 1.54) is 13.2 Å². The minimum absolute atomic E-state index is 0.0913. The van der Waals surface area contributed by atoms with E-state index in [-0.39, 0.29) is 11.8 Å². The van der Waals surface area contributed by atoms with Gasteiger partial charge in [0.25, 0.3) is 0 Å². The van der Waals surface area contributed by atoms with E-state index in [0.717, 1.165) is 0 Å². The third kappa shape index (κ3) is 1.71. The number of urea groups is 1. The van der Waals surface area contributed by atoms with Crippen LogP contribution in [0.4, 0.5) is 4.79 Å². The summed E-state index contributed by atoms with van der Waals surface area (Å²) in [6.45, 7) is 3.17. The van der Waals surface area contributed by atoms with E-state index < -0.39 is 6.04 Å². The summed E-state index contributed by atoms with van der Waals surface area (Å²) in [4.78, 5) is 22.9. The van der Waals surface area contributed by atoms with Crippen molar-refractivity contribution < 1.29 is 14.0 Å². The number of furan rings is 1. The SMILES string of the molecule is CC(=O)C1=C(C)NC(=O)N[C@@H]1c1ccco1. The highest BCUT2D eigenvalue weighted by Gasteiger charge is 2.30. The maximum Gasteiger partial charge on any atom is 0.319 e. The molecule has 2 amide bonds. The van der Waals surface area contributed by atoms with Crippen LogP contribution in [0, 0.1) is 0 Å². The van der Waals surface area contributed by atoms with Crippen molar-refractivity contribution in [2.24, 2.45) is 0 Å². The number of rotatable bonds is 2.